The Labute approximate surface area is 126 Å². The van der Waals surface area contributed by atoms with E-state index in [1.807, 2.05) is 6.07 Å². The van der Waals surface area contributed by atoms with Gasteiger partial charge in [-0.25, -0.2) is 0 Å². The third-order valence-corrected chi connectivity index (χ3v) is 5.09. The van der Waals surface area contributed by atoms with Gasteiger partial charge in [0.05, 0.1) is 5.92 Å². The van der Waals surface area contributed by atoms with Gasteiger partial charge in [-0.05, 0) is 55.7 Å². The zero-order chi connectivity index (χ0) is 14.7. The second-order valence-corrected chi connectivity index (χ2v) is 6.40. The molecule has 0 bridgehead atoms. The highest BCUT2D eigenvalue weighted by molar-refractivity contribution is 5.73. The summed E-state index contributed by atoms with van der Waals surface area (Å²) in [6, 6.07) is 8.36. The molecule has 3 atom stereocenters. The van der Waals surface area contributed by atoms with Crippen molar-refractivity contribution < 1.29 is 9.53 Å². The molecule has 21 heavy (non-hydrogen) atoms. The smallest absolute Gasteiger partial charge is 0.309 e. The van der Waals surface area contributed by atoms with Crippen LogP contribution in [-0.4, -0.2) is 12.5 Å². The Bertz CT molecular complexity index is 500. The van der Waals surface area contributed by atoms with E-state index in [0.29, 0.717) is 12.5 Å². The van der Waals surface area contributed by atoms with E-state index in [0.717, 1.165) is 38.5 Å². The molecule has 3 heteroatoms. The first kappa shape index (κ1) is 14.6. The maximum Gasteiger partial charge on any atom is 0.309 e. The van der Waals surface area contributed by atoms with Crippen LogP contribution in [0, 0.1) is 11.8 Å². The first-order valence-corrected chi connectivity index (χ1v) is 8.28. The van der Waals surface area contributed by atoms with Gasteiger partial charge in [-0.15, -0.1) is 0 Å². The number of aryl methyl sites for hydroxylation is 1. The molecule has 0 saturated heterocycles. The molecule has 0 aliphatic heterocycles. The number of benzene rings is 1. The van der Waals surface area contributed by atoms with Crippen LogP contribution in [0.5, 0.6) is 0 Å². The third kappa shape index (κ3) is 3.13. The predicted octanol–water partition coefficient (Wildman–Crippen LogP) is 3.37. The van der Waals surface area contributed by atoms with Gasteiger partial charge < -0.3 is 10.5 Å². The van der Waals surface area contributed by atoms with Crippen molar-refractivity contribution in [3.8, 4) is 0 Å². The molecule has 2 N–H and O–H groups in total. The Balaban J connectivity index is 1.70. The SMILES string of the molecule is NCC1CCCCC1C(=O)OC1CCCc2ccccc21. The van der Waals surface area contributed by atoms with Crippen molar-refractivity contribution in [3.05, 3.63) is 35.4 Å². The molecule has 1 aromatic carbocycles. The molecule has 2 aliphatic carbocycles. The maximum atomic E-state index is 12.6. The van der Waals surface area contributed by atoms with Crippen molar-refractivity contribution in [1.29, 1.82) is 0 Å². The van der Waals surface area contributed by atoms with E-state index in [1.54, 1.807) is 0 Å². The summed E-state index contributed by atoms with van der Waals surface area (Å²) in [5.74, 6) is 0.301. The van der Waals surface area contributed by atoms with Crippen molar-refractivity contribution in [2.24, 2.45) is 17.6 Å². The van der Waals surface area contributed by atoms with Crippen LogP contribution in [-0.2, 0) is 16.0 Å². The molecule has 3 unspecified atom stereocenters. The molecule has 1 fully saturated rings. The predicted molar refractivity (Wildman–Crippen MR) is 82.7 cm³/mol. The van der Waals surface area contributed by atoms with Crippen LogP contribution in [0.4, 0.5) is 0 Å². The number of hydrogen-bond acceptors (Lipinski definition) is 3. The van der Waals surface area contributed by atoms with Gasteiger partial charge in [0.1, 0.15) is 6.10 Å². The topological polar surface area (TPSA) is 52.3 Å². The zero-order valence-electron chi connectivity index (χ0n) is 12.6. The normalized spacial score (nSPS) is 28.7. The summed E-state index contributed by atoms with van der Waals surface area (Å²) in [6.45, 7) is 0.598. The lowest BCUT2D eigenvalue weighted by Gasteiger charge is -2.32. The number of nitrogens with two attached hydrogens (primary N) is 1. The average Bonchev–Trinajstić information content (AvgIpc) is 2.55. The molecular formula is C18H25NO2. The van der Waals surface area contributed by atoms with Crippen LogP contribution in [0.25, 0.3) is 0 Å². The van der Waals surface area contributed by atoms with Crippen molar-refractivity contribution in [1.82, 2.24) is 0 Å². The summed E-state index contributed by atoms with van der Waals surface area (Å²) >= 11 is 0. The van der Waals surface area contributed by atoms with E-state index in [-0.39, 0.29) is 18.0 Å². The minimum atomic E-state index is -0.0530. The molecule has 1 saturated carbocycles. The largest absolute Gasteiger partial charge is 0.457 e. The van der Waals surface area contributed by atoms with E-state index in [4.69, 9.17) is 10.5 Å². The second kappa shape index (κ2) is 6.61. The van der Waals surface area contributed by atoms with Gasteiger partial charge in [-0.2, -0.15) is 0 Å². The van der Waals surface area contributed by atoms with Crippen molar-refractivity contribution >= 4 is 5.97 Å². The molecule has 114 valence electrons. The summed E-state index contributed by atoms with van der Waals surface area (Å²) in [4.78, 5) is 12.6. The highest BCUT2D eigenvalue weighted by Crippen LogP contribution is 2.36. The van der Waals surface area contributed by atoms with E-state index in [1.165, 1.54) is 17.5 Å². The first-order valence-electron chi connectivity index (χ1n) is 8.28. The fourth-order valence-corrected chi connectivity index (χ4v) is 3.86. The maximum absolute atomic E-state index is 12.6. The van der Waals surface area contributed by atoms with E-state index in [9.17, 15) is 4.79 Å². The van der Waals surface area contributed by atoms with Gasteiger partial charge in [0, 0.05) is 0 Å². The number of rotatable bonds is 3. The Morgan fingerprint density at radius 1 is 1.14 bits per heavy atom. The lowest BCUT2D eigenvalue weighted by Crippen LogP contribution is -2.34. The minimum Gasteiger partial charge on any atom is -0.457 e. The van der Waals surface area contributed by atoms with Gasteiger partial charge in [0.2, 0.25) is 0 Å². The molecule has 3 rings (SSSR count). The molecule has 3 nitrogen and oxygen atoms in total. The zero-order valence-corrected chi connectivity index (χ0v) is 12.6. The molecule has 1 aromatic rings. The quantitative estimate of drug-likeness (QED) is 0.867. The monoisotopic (exact) mass is 287 g/mol. The fraction of sp³-hybridized carbons (Fsp3) is 0.611. The lowest BCUT2D eigenvalue weighted by molar-refractivity contribution is -0.158. The number of carbonyl (C=O) groups is 1. The van der Waals surface area contributed by atoms with Gasteiger partial charge in [-0.3, -0.25) is 4.79 Å². The van der Waals surface area contributed by atoms with Crippen LogP contribution < -0.4 is 5.73 Å². The standard InChI is InChI=1S/C18H25NO2/c19-12-14-7-2-4-10-16(14)18(20)21-17-11-5-8-13-6-1-3-9-15(13)17/h1,3,6,9,14,16-17H,2,4-5,7-8,10-12,19H2. The van der Waals surface area contributed by atoms with Gasteiger partial charge >= 0.3 is 5.97 Å². The first-order chi connectivity index (χ1) is 10.3. The van der Waals surface area contributed by atoms with E-state index in [2.05, 4.69) is 18.2 Å². The number of carbonyl (C=O) groups excluding carboxylic acids is 1. The molecular weight excluding hydrogens is 262 g/mol. The Hall–Kier alpha value is -1.35. The summed E-state index contributed by atoms with van der Waals surface area (Å²) in [6.07, 6.45) is 7.41. The van der Waals surface area contributed by atoms with Gasteiger partial charge in [0.15, 0.2) is 0 Å². The van der Waals surface area contributed by atoms with Crippen molar-refractivity contribution in [2.75, 3.05) is 6.54 Å². The number of esters is 1. The van der Waals surface area contributed by atoms with Crippen LogP contribution in [0.15, 0.2) is 24.3 Å². The summed E-state index contributed by atoms with van der Waals surface area (Å²) in [7, 11) is 0. The summed E-state index contributed by atoms with van der Waals surface area (Å²) in [5, 5.41) is 0. The number of hydrogen-bond donors (Lipinski definition) is 1. The van der Waals surface area contributed by atoms with Crippen LogP contribution in [0.1, 0.15) is 55.8 Å². The number of ether oxygens (including phenoxy) is 1. The van der Waals surface area contributed by atoms with E-state index >= 15 is 0 Å². The molecule has 0 aromatic heterocycles. The molecule has 0 radical (unpaired) electrons. The Morgan fingerprint density at radius 2 is 1.95 bits per heavy atom. The molecule has 0 amide bonds. The third-order valence-electron chi connectivity index (χ3n) is 5.09. The molecule has 0 spiro atoms. The lowest BCUT2D eigenvalue weighted by atomic mass is 9.79. The van der Waals surface area contributed by atoms with Crippen LogP contribution in [0.2, 0.25) is 0 Å². The highest BCUT2D eigenvalue weighted by atomic mass is 16.5. The average molecular weight is 287 g/mol. The van der Waals surface area contributed by atoms with Crippen molar-refractivity contribution in [3.63, 3.8) is 0 Å². The fourth-order valence-electron chi connectivity index (χ4n) is 3.86. The molecule has 0 heterocycles. The Morgan fingerprint density at radius 3 is 2.81 bits per heavy atom. The summed E-state index contributed by atoms with van der Waals surface area (Å²) < 4.78 is 5.89. The van der Waals surface area contributed by atoms with E-state index < -0.39 is 0 Å². The highest BCUT2D eigenvalue weighted by Gasteiger charge is 2.33. The Kier molecular flexibility index (Phi) is 4.59. The number of fused-ring (bicyclic) bond motifs is 1. The van der Waals surface area contributed by atoms with Crippen LogP contribution in [0.3, 0.4) is 0 Å². The van der Waals surface area contributed by atoms with Gasteiger partial charge in [0.25, 0.3) is 0 Å². The van der Waals surface area contributed by atoms with Gasteiger partial charge in [-0.1, -0.05) is 37.1 Å². The molecule has 2 aliphatic rings. The second-order valence-electron chi connectivity index (χ2n) is 6.40. The van der Waals surface area contributed by atoms with Crippen LogP contribution >= 0.6 is 0 Å². The minimum absolute atomic E-state index is 0.0119. The van der Waals surface area contributed by atoms with Crippen molar-refractivity contribution in [2.45, 2.75) is 51.0 Å². The summed E-state index contributed by atoms with van der Waals surface area (Å²) in [5.41, 5.74) is 8.37.